The predicted octanol–water partition coefficient (Wildman–Crippen LogP) is 1.72. The van der Waals surface area contributed by atoms with Crippen LogP contribution in [-0.4, -0.2) is 23.4 Å². The van der Waals surface area contributed by atoms with Crippen LogP contribution in [0.4, 0.5) is 0 Å². The average Bonchev–Trinajstić information content (AvgIpc) is 2.04. The SMILES string of the molecule is C/C(=C\CCC(C)CO)CCO. The lowest BCUT2D eigenvalue weighted by molar-refractivity contribution is 0.231. The van der Waals surface area contributed by atoms with Gasteiger partial charge in [-0.1, -0.05) is 18.6 Å². The summed E-state index contributed by atoms with van der Waals surface area (Å²) >= 11 is 0. The molecule has 0 aliphatic rings. The van der Waals surface area contributed by atoms with Crippen LogP contribution in [0.1, 0.15) is 33.1 Å². The van der Waals surface area contributed by atoms with Gasteiger partial charge >= 0.3 is 0 Å². The summed E-state index contributed by atoms with van der Waals surface area (Å²) in [6.07, 6.45) is 4.95. The highest BCUT2D eigenvalue weighted by atomic mass is 16.3. The molecule has 0 aliphatic carbocycles. The Morgan fingerprint density at radius 2 is 2.08 bits per heavy atom. The van der Waals surface area contributed by atoms with Crippen LogP contribution in [0.15, 0.2) is 11.6 Å². The fourth-order valence-electron chi connectivity index (χ4n) is 0.984. The van der Waals surface area contributed by atoms with Crippen molar-refractivity contribution in [2.75, 3.05) is 13.2 Å². The van der Waals surface area contributed by atoms with Crippen LogP contribution < -0.4 is 0 Å². The van der Waals surface area contributed by atoms with E-state index < -0.39 is 0 Å². The Balaban J connectivity index is 3.45. The van der Waals surface area contributed by atoms with Crippen molar-refractivity contribution in [1.82, 2.24) is 0 Å². The van der Waals surface area contributed by atoms with Crippen LogP contribution >= 0.6 is 0 Å². The zero-order valence-electron chi connectivity index (χ0n) is 8.08. The van der Waals surface area contributed by atoms with Gasteiger partial charge in [-0.15, -0.1) is 0 Å². The van der Waals surface area contributed by atoms with E-state index in [1.54, 1.807) is 0 Å². The number of hydrogen-bond acceptors (Lipinski definition) is 2. The minimum Gasteiger partial charge on any atom is -0.396 e. The molecular weight excluding hydrogens is 152 g/mol. The van der Waals surface area contributed by atoms with Crippen molar-refractivity contribution in [2.24, 2.45) is 5.92 Å². The molecule has 12 heavy (non-hydrogen) atoms. The van der Waals surface area contributed by atoms with Crippen molar-refractivity contribution in [2.45, 2.75) is 33.1 Å². The number of aliphatic hydroxyl groups excluding tert-OH is 2. The third-order valence-electron chi connectivity index (χ3n) is 1.97. The highest BCUT2D eigenvalue weighted by molar-refractivity contribution is 4.97. The molecule has 0 aromatic rings. The van der Waals surface area contributed by atoms with Gasteiger partial charge in [-0.25, -0.2) is 0 Å². The zero-order valence-corrected chi connectivity index (χ0v) is 8.08. The van der Waals surface area contributed by atoms with Crippen molar-refractivity contribution in [3.05, 3.63) is 11.6 Å². The predicted molar refractivity (Wildman–Crippen MR) is 50.9 cm³/mol. The third kappa shape index (κ3) is 6.38. The van der Waals surface area contributed by atoms with Gasteiger partial charge in [-0.05, 0) is 32.1 Å². The average molecular weight is 172 g/mol. The van der Waals surface area contributed by atoms with E-state index in [9.17, 15) is 0 Å². The Morgan fingerprint density at radius 1 is 1.42 bits per heavy atom. The van der Waals surface area contributed by atoms with E-state index in [0.717, 1.165) is 19.3 Å². The van der Waals surface area contributed by atoms with Gasteiger partial charge in [0, 0.05) is 13.2 Å². The minimum atomic E-state index is 0.234. The zero-order chi connectivity index (χ0) is 9.40. The maximum absolute atomic E-state index is 8.74. The first-order chi connectivity index (χ1) is 5.70. The lowest BCUT2D eigenvalue weighted by atomic mass is 10.1. The van der Waals surface area contributed by atoms with Gasteiger partial charge in [0.05, 0.1) is 0 Å². The molecular formula is C10H20O2. The molecule has 1 unspecified atom stereocenters. The second-order valence-corrected chi connectivity index (χ2v) is 3.39. The molecule has 0 aromatic heterocycles. The standard InChI is InChI=1S/C10H20O2/c1-9(6-7-11)4-3-5-10(2)8-12/h4,10-12H,3,5-8H2,1-2H3/b9-4+. The topological polar surface area (TPSA) is 40.5 Å². The third-order valence-corrected chi connectivity index (χ3v) is 1.97. The molecule has 0 aliphatic heterocycles. The van der Waals surface area contributed by atoms with E-state index in [1.807, 2.05) is 13.8 Å². The molecule has 1 atom stereocenters. The van der Waals surface area contributed by atoms with Crippen molar-refractivity contribution in [3.63, 3.8) is 0 Å². The van der Waals surface area contributed by atoms with Crippen molar-refractivity contribution in [1.29, 1.82) is 0 Å². The van der Waals surface area contributed by atoms with Crippen molar-refractivity contribution >= 4 is 0 Å². The number of hydrogen-bond donors (Lipinski definition) is 2. The number of rotatable bonds is 6. The van der Waals surface area contributed by atoms with Crippen LogP contribution in [0.5, 0.6) is 0 Å². The van der Waals surface area contributed by atoms with E-state index in [0.29, 0.717) is 5.92 Å². The second kappa shape index (κ2) is 7.32. The molecule has 2 N–H and O–H groups in total. The van der Waals surface area contributed by atoms with Gasteiger partial charge in [0.2, 0.25) is 0 Å². The Hall–Kier alpha value is -0.340. The summed E-state index contributed by atoms with van der Waals surface area (Å²) in [6, 6.07) is 0. The largest absolute Gasteiger partial charge is 0.396 e. The molecule has 0 radical (unpaired) electrons. The van der Waals surface area contributed by atoms with Crippen molar-refractivity contribution < 1.29 is 10.2 Å². The van der Waals surface area contributed by atoms with E-state index in [-0.39, 0.29) is 13.2 Å². The van der Waals surface area contributed by atoms with Gasteiger partial charge in [0.1, 0.15) is 0 Å². The Kier molecular flexibility index (Phi) is 7.11. The molecule has 0 aromatic carbocycles. The Labute approximate surface area is 74.9 Å². The molecule has 2 heteroatoms. The van der Waals surface area contributed by atoms with E-state index in [4.69, 9.17) is 10.2 Å². The molecule has 72 valence electrons. The summed E-state index contributed by atoms with van der Waals surface area (Å²) in [5.41, 5.74) is 1.24. The van der Waals surface area contributed by atoms with Crippen LogP contribution in [0.25, 0.3) is 0 Å². The summed E-state index contributed by atoms with van der Waals surface area (Å²) in [5.74, 6) is 0.392. The van der Waals surface area contributed by atoms with Crippen LogP contribution in [0, 0.1) is 5.92 Å². The smallest absolute Gasteiger partial charge is 0.0468 e. The van der Waals surface area contributed by atoms with Gasteiger partial charge in [-0.3, -0.25) is 0 Å². The summed E-state index contributed by atoms with van der Waals surface area (Å²) in [4.78, 5) is 0. The summed E-state index contributed by atoms with van der Waals surface area (Å²) < 4.78 is 0. The number of aliphatic hydroxyl groups is 2. The summed E-state index contributed by atoms with van der Waals surface area (Å²) in [5, 5.41) is 17.4. The van der Waals surface area contributed by atoms with Crippen LogP contribution in [0.2, 0.25) is 0 Å². The van der Waals surface area contributed by atoms with Gasteiger partial charge in [-0.2, -0.15) is 0 Å². The molecule has 0 saturated heterocycles. The summed E-state index contributed by atoms with van der Waals surface area (Å²) in [6.45, 7) is 4.57. The Bertz CT molecular complexity index is 130. The Morgan fingerprint density at radius 3 is 2.58 bits per heavy atom. The minimum absolute atomic E-state index is 0.234. The van der Waals surface area contributed by atoms with Crippen LogP contribution in [-0.2, 0) is 0 Å². The van der Waals surface area contributed by atoms with Gasteiger partial charge < -0.3 is 10.2 Å². The normalized spacial score (nSPS) is 14.8. The molecule has 0 bridgehead atoms. The monoisotopic (exact) mass is 172 g/mol. The molecule has 0 saturated carbocycles. The summed E-state index contributed by atoms with van der Waals surface area (Å²) in [7, 11) is 0. The fourth-order valence-corrected chi connectivity index (χ4v) is 0.984. The molecule has 0 fully saturated rings. The lowest BCUT2D eigenvalue weighted by Gasteiger charge is -2.04. The lowest BCUT2D eigenvalue weighted by Crippen LogP contribution is -1.99. The molecule has 0 amide bonds. The first-order valence-corrected chi connectivity index (χ1v) is 4.58. The molecule has 0 heterocycles. The second-order valence-electron chi connectivity index (χ2n) is 3.39. The molecule has 2 nitrogen and oxygen atoms in total. The maximum Gasteiger partial charge on any atom is 0.0468 e. The quantitative estimate of drug-likeness (QED) is 0.599. The van der Waals surface area contributed by atoms with Gasteiger partial charge in [0.15, 0.2) is 0 Å². The molecule has 0 spiro atoms. The van der Waals surface area contributed by atoms with E-state index >= 15 is 0 Å². The van der Waals surface area contributed by atoms with Crippen LogP contribution in [0.3, 0.4) is 0 Å². The van der Waals surface area contributed by atoms with E-state index in [1.165, 1.54) is 5.57 Å². The fraction of sp³-hybridized carbons (Fsp3) is 0.800. The first-order valence-electron chi connectivity index (χ1n) is 4.58. The molecule has 0 rings (SSSR count). The van der Waals surface area contributed by atoms with Crippen molar-refractivity contribution in [3.8, 4) is 0 Å². The van der Waals surface area contributed by atoms with Gasteiger partial charge in [0.25, 0.3) is 0 Å². The number of allylic oxidation sites excluding steroid dienone is 1. The highest BCUT2D eigenvalue weighted by Crippen LogP contribution is 2.08. The first kappa shape index (κ1) is 11.7. The van der Waals surface area contributed by atoms with E-state index in [2.05, 4.69) is 6.08 Å². The highest BCUT2D eigenvalue weighted by Gasteiger charge is 1.97. The maximum atomic E-state index is 8.74.